The molecule has 0 unspecified atom stereocenters. The minimum absolute atomic E-state index is 0.264. The Hall–Kier alpha value is -5.38. The first-order valence-corrected chi connectivity index (χ1v) is 17.5. The Balaban J connectivity index is 1.32. The van der Waals surface area contributed by atoms with E-state index in [-0.39, 0.29) is 5.91 Å². The number of carbonyl (C=O) groups is 2. The van der Waals surface area contributed by atoms with E-state index in [0.29, 0.717) is 42.4 Å². The Morgan fingerprint density at radius 1 is 0.860 bits per heavy atom. The van der Waals surface area contributed by atoms with Crippen molar-refractivity contribution in [3.05, 3.63) is 97.1 Å². The van der Waals surface area contributed by atoms with E-state index >= 15 is 0 Å². The van der Waals surface area contributed by atoms with Crippen LogP contribution >= 0.6 is 0 Å². The molecule has 2 N–H and O–H groups in total. The predicted octanol–water partition coefficient (Wildman–Crippen LogP) is 8.65. The molecule has 0 spiro atoms. The van der Waals surface area contributed by atoms with Gasteiger partial charge in [-0.1, -0.05) is 80.6 Å². The lowest BCUT2D eigenvalue weighted by molar-refractivity contribution is -0.121. The summed E-state index contributed by atoms with van der Waals surface area (Å²) in [5, 5.41) is 7.46. The molecule has 0 bridgehead atoms. The minimum Gasteiger partial charge on any atom is -0.444 e. The van der Waals surface area contributed by atoms with Crippen LogP contribution in [0.15, 0.2) is 91.4 Å². The summed E-state index contributed by atoms with van der Waals surface area (Å²) in [6, 6.07) is 23.2. The lowest BCUT2D eigenvalue weighted by atomic mass is 10.0. The molecule has 6 rings (SSSR count). The fourth-order valence-corrected chi connectivity index (χ4v) is 6.28. The van der Waals surface area contributed by atoms with Gasteiger partial charge in [0.15, 0.2) is 5.82 Å². The molecular weight excluding hydrogens is 626 g/mol. The molecule has 2 aromatic carbocycles. The number of aromatic nitrogens is 4. The number of hydrogen-bond donors (Lipinski definition) is 2. The highest BCUT2D eigenvalue weighted by Crippen LogP contribution is 2.34. The second-order valence-corrected chi connectivity index (χ2v) is 13.7. The lowest BCUT2D eigenvalue weighted by Gasteiger charge is -2.33. The average Bonchev–Trinajstić information content (AvgIpc) is 3.12. The highest BCUT2D eigenvalue weighted by molar-refractivity contribution is 6.02. The zero-order valence-corrected chi connectivity index (χ0v) is 29.1. The van der Waals surface area contributed by atoms with Gasteiger partial charge < -0.3 is 15.4 Å². The van der Waals surface area contributed by atoms with Crippen molar-refractivity contribution in [2.45, 2.75) is 83.9 Å². The Kier molecular flexibility index (Phi) is 11.0. The normalized spacial score (nSPS) is 15.7. The summed E-state index contributed by atoms with van der Waals surface area (Å²) in [5.41, 5.74) is 4.19. The molecule has 1 aliphatic heterocycles. The van der Waals surface area contributed by atoms with Gasteiger partial charge in [-0.05, 0) is 69.0 Å². The van der Waals surface area contributed by atoms with Crippen LogP contribution in [0, 0.1) is 0 Å². The first kappa shape index (κ1) is 34.5. The van der Waals surface area contributed by atoms with Crippen LogP contribution in [0.1, 0.15) is 71.4 Å². The van der Waals surface area contributed by atoms with Gasteiger partial charge in [0.1, 0.15) is 17.5 Å². The molecule has 3 aromatic heterocycles. The molecule has 50 heavy (non-hydrogen) atoms. The summed E-state index contributed by atoms with van der Waals surface area (Å²) in [4.78, 5) is 47.9. The van der Waals surface area contributed by atoms with E-state index in [4.69, 9.17) is 14.7 Å². The van der Waals surface area contributed by atoms with Crippen LogP contribution in [0.25, 0.3) is 33.4 Å². The number of rotatable bonds is 7. The van der Waals surface area contributed by atoms with Crippen LogP contribution in [0.4, 0.5) is 16.3 Å². The van der Waals surface area contributed by atoms with Crippen molar-refractivity contribution in [2.24, 2.45) is 0 Å². The fourth-order valence-electron chi connectivity index (χ4n) is 6.28. The highest BCUT2D eigenvalue weighted by atomic mass is 16.6. The number of carbonyl (C=O) groups excluding carboxylic acids is 2. The van der Waals surface area contributed by atoms with Crippen LogP contribution in [0.5, 0.6) is 0 Å². The van der Waals surface area contributed by atoms with Crippen molar-refractivity contribution in [3.8, 4) is 22.5 Å². The number of anilines is 2. The van der Waals surface area contributed by atoms with E-state index in [2.05, 4.69) is 38.8 Å². The van der Waals surface area contributed by atoms with Gasteiger partial charge >= 0.3 is 6.09 Å². The van der Waals surface area contributed by atoms with Crippen molar-refractivity contribution >= 4 is 34.4 Å². The molecule has 0 radical (unpaired) electrons. The molecule has 1 atom stereocenters. The third kappa shape index (κ3) is 8.80. The smallest absolute Gasteiger partial charge is 0.410 e. The number of nitrogens with zero attached hydrogens (tertiary/aromatic N) is 5. The van der Waals surface area contributed by atoms with E-state index in [0.717, 1.165) is 66.2 Å². The van der Waals surface area contributed by atoms with Crippen LogP contribution in [-0.4, -0.2) is 55.0 Å². The van der Waals surface area contributed by atoms with Crippen LogP contribution in [0.3, 0.4) is 0 Å². The van der Waals surface area contributed by atoms with Gasteiger partial charge in [0, 0.05) is 24.5 Å². The lowest BCUT2D eigenvalue weighted by Crippen LogP contribution is -2.49. The molecule has 0 saturated carbocycles. The maximum Gasteiger partial charge on any atom is 0.410 e. The number of fused-ring (bicyclic) bond motifs is 1. The van der Waals surface area contributed by atoms with Crippen molar-refractivity contribution in [1.29, 1.82) is 0 Å². The molecule has 10 heteroatoms. The summed E-state index contributed by atoms with van der Waals surface area (Å²) in [6.07, 6.45) is 11.1. The largest absolute Gasteiger partial charge is 0.444 e. The number of ether oxygens (including phenoxy) is 1. The van der Waals surface area contributed by atoms with Gasteiger partial charge in [-0.3, -0.25) is 19.7 Å². The number of nitrogens with one attached hydrogen (secondary N) is 2. The third-order valence-corrected chi connectivity index (χ3v) is 8.67. The summed E-state index contributed by atoms with van der Waals surface area (Å²) in [5.74, 6) is 0.864. The molecule has 4 heterocycles. The second kappa shape index (κ2) is 15.9. The Morgan fingerprint density at radius 3 is 2.42 bits per heavy atom. The van der Waals surface area contributed by atoms with Crippen molar-refractivity contribution < 1.29 is 14.3 Å². The number of hydrogen-bond acceptors (Lipinski definition) is 8. The number of benzene rings is 2. The monoisotopic (exact) mass is 671 g/mol. The van der Waals surface area contributed by atoms with Gasteiger partial charge in [0.25, 0.3) is 0 Å². The quantitative estimate of drug-likeness (QED) is 0.176. The summed E-state index contributed by atoms with van der Waals surface area (Å²) in [6.45, 7) is 6.47. The molecule has 10 nitrogen and oxygen atoms in total. The van der Waals surface area contributed by atoms with Gasteiger partial charge in [-0.15, -0.1) is 0 Å². The van der Waals surface area contributed by atoms with Crippen molar-refractivity contribution in [2.75, 3.05) is 17.2 Å². The van der Waals surface area contributed by atoms with Gasteiger partial charge in [0.2, 0.25) is 5.91 Å². The van der Waals surface area contributed by atoms with E-state index in [1.165, 1.54) is 0 Å². The Bertz CT molecular complexity index is 1910. The first-order valence-electron chi connectivity index (χ1n) is 17.5. The highest BCUT2D eigenvalue weighted by Gasteiger charge is 2.33. The van der Waals surface area contributed by atoms with Gasteiger partial charge in [-0.25, -0.2) is 14.8 Å². The molecule has 2 amide bonds. The van der Waals surface area contributed by atoms with Gasteiger partial charge in [0.05, 0.1) is 35.0 Å². The van der Waals surface area contributed by atoms with Crippen LogP contribution in [-0.2, 0) is 16.1 Å². The molecular formula is C40H45N7O3. The molecule has 0 aliphatic carbocycles. The summed E-state index contributed by atoms with van der Waals surface area (Å²) in [7, 11) is 0. The van der Waals surface area contributed by atoms with Crippen LogP contribution in [0.2, 0.25) is 0 Å². The molecule has 1 saturated heterocycles. The second-order valence-electron chi connectivity index (χ2n) is 13.7. The van der Waals surface area contributed by atoms with Crippen molar-refractivity contribution in [3.63, 3.8) is 0 Å². The fraction of sp³-hybridized carbons (Fsp3) is 0.350. The molecule has 1 aliphatic rings. The zero-order chi connectivity index (χ0) is 34.9. The third-order valence-electron chi connectivity index (χ3n) is 8.67. The average molecular weight is 672 g/mol. The topological polar surface area (TPSA) is 122 Å². The molecule has 258 valence electrons. The maximum atomic E-state index is 13.9. The minimum atomic E-state index is -0.668. The van der Waals surface area contributed by atoms with E-state index in [9.17, 15) is 9.59 Å². The van der Waals surface area contributed by atoms with Gasteiger partial charge in [-0.2, -0.15) is 0 Å². The van der Waals surface area contributed by atoms with E-state index in [1.807, 2.05) is 75.4 Å². The Morgan fingerprint density at radius 2 is 1.64 bits per heavy atom. The maximum absolute atomic E-state index is 13.9. The predicted molar refractivity (Wildman–Crippen MR) is 197 cm³/mol. The summed E-state index contributed by atoms with van der Waals surface area (Å²) >= 11 is 0. The van der Waals surface area contributed by atoms with E-state index < -0.39 is 17.7 Å². The number of amides is 2. The standard InChI is InChI=1S/C40H45N7O3/c1-40(2,3)50-39(49)47-23-14-7-5-4-6-11-21-34(47)38(48)44-31-24-29(25-41-26-31)36-45-33-20-15-19-32(28-16-9-8-10-17-28)35(33)37(46-36)43-27-30-18-12-13-22-42-30/h8-10,12-13,15-20,22,24-26,34H,4-7,11,14,21,23,27H2,1-3H3,(H,44,48)(H,43,45,46)/t34-/m0/s1. The van der Waals surface area contributed by atoms with Crippen molar-refractivity contribution in [1.82, 2.24) is 24.8 Å². The SMILES string of the molecule is CC(C)(C)OC(=O)N1CCCCCCCC[C@H]1C(=O)Nc1cncc(-c2nc(NCc3ccccn3)c3c(-c4ccccc4)cccc3n2)c1. The molecule has 5 aromatic rings. The number of pyridine rings is 2. The van der Waals surface area contributed by atoms with E-state index in [1.54, 1.807) is 23.5 Å². The van der Waals surface area contributed by atoms with Crippen LogP contribution < -0.4 is 10.6 Å². The zero-order valence-electron chi connectivity index (χ0n) is 29.1. The Labute approximate surface area is 293 Å². The first-order chi connectivity index (χ1) is 24.2. The summed E-state index contributed by atoms with van der Waals surface area (Å²) < 4.78 is 5.75. The molecule has 1 fully saturated rings.